The molecule has 1 aliphatic carbocycles. The Kier molecular flexibility index (Phi) is 4.87. The summed E-state index contributed by atoms with van der Waals surface area (Å²) in [7, 11) is 0. The molecule has 8 nitrogen and oxygen atoms in total. The molecule has 140 valence electrons. The highest BCUT2D eigenvalue weighted by molar-refractivity contribution is 6.32. The monoisotopic (exact) mass is 389 g/mol. The van der Waals surface area contributed by atoms with E-state index in [9.17, 15) is 9.50 Å². The van der Waals surface area contributed by atoms with Crippen LogP contribution in [-0.2, 0) is 0 Å². The first-order valence-electron chi connectivity index (χ1n) is 8.46. The number of hydrogen-bond acceptors (Lipinski definition) is 7. The van der Waals surface area contributed by atoms with E-state index < -0.39 is 11.9 Å². The normalized spacial score (nSPS) is 14.8. The third-order valence-electron chi connectivity index (χ3n) is 4.20. The van der Waals surface area contributed by atoms with Gasteiger partial charge in [0.1, 0.15) is 10.8 Å². The van der Waals surface area contributed by atoms with Crippen LogP contribution < -0.4 is 10.6 Å². The molecule has 3 aromatic heterocycles. The number of halogens is 2. The molecule has 0 spiro atoms. The van der Waals surface area contributed by atoms with Crippen LogP contribution in [0.1, 0.15) is 36.2 Å². The topological polar surface area (TPSA) is 112 Å². The summed E-state index contributed by atoms with van der Waals surface area (Å²) in [5, 5.41) is 23.2. The van der Waals surface area contributed by atoms with Crippen LogP contribution >= 0.6 is 11.6 Å². The van der Waals surface area contributed by atoms with Crippen molar-refractivity contribution in [3.05, 3.63) is 52.8 Å². The average Bonchev–Trinajstić information content (AvgIpc) is 3.42. The summed E-state index contributed by atoms with van der Waals surface area (Å²) in [6, 6.07) is 4.10. The van der Waals surface area contributed by atoms with Crippen molar-refractivity contribution < 1.29 is 9.50 Å². The first-order chi connectivity index (χ1) is 13.1. The van der Waals surface area contributed by atoms with E-state index in [1.54, 1.807) is 0 Å². The number of aromatic amines is 1. The maximum absolute atomic E-state index is 13.0. The highest BCUT2D eigenvalue weighted by Crippen LogP contribution is 2.39. The van der Waals surface area contributed by atoms with Gasteiger partial charge in [-0.1, -0.05) is 11.6 Å². The Morgan fingerprint density at radius 1 is 1.30 bits per heavy atom. The number of hydrogen-bond donors (Lipinski definition) is 4. The first kappa shape index (κ1) is 17.6. The molecule has 0 aliphatic heterocycles. The van der Waals surface area contributed by atoms with Crippen LogP contribution in [0.25, 0.3) is 0 Å². The molecule has 3 aromatic rings. The number of H-pyrrole nitrogens is 1. The molecular formula is C17H17ClFN7O. The standard InChI is InChI=1S/C17H17ClFN7O/c18-11-7-21-17(22-14(8-27)12-4-3-10(19)6-20-12)24-16(11)23-15-5-13(25-26-15)9-1-2-9/h3-7,9,14,27H,1-2,8H2,(H3,21,22,23,24,25,26)/t14-/m0/s1. The minimum atomic E-state index is -0.591. The zero-order chi connectivity index (χ0) is 18.8. The van der Waals surface area contributed by atoms with Crippen LogP contribution in [-0.4, -0.2) is 36.9 Å². The van der Waals surface area contributed by atoms with Gasteiger partial charge in [-0.25, -0.2) is 9.37 Å². The van der Waals surface area contributed by atoms with Gasteiger partial charge >= 0.3 is 0 Å². The van der Waals surface area contributed by atoms with Crippen LogP contribution in [0.4, 0.5) is 22.0 Å². The van der Waals surface area contributed by atoms with Gasteiger partial charge in [0.25, 0.3) is 0 Å². The molecule has 0 radical (unpaired) electrons. The van der Waals surface area contributed by atoms with Crippen molar-refractivity contribution in [3.63, 3.8) is 0 Å². The average molecular weight is 390 g/mol. The second-order valence-electron chi connectivity index (χ2n) is 6.28. The number of aromatic nitrogens is 5. The lowest BCUT2D eigenvalue weighted by molar-refractivity contribution is 0.273. The molecule has 3 heterocycles. The van der Waals surface area contributed by atoms with E-state index in [0.29, 0.717) is 28.3 Å². The Balaban J connectivity index is 1.51. The number of pyridine rings is 1. The summed E-state index contributed by atoms with van der Waals surface area (Å²) in [4.78, 5) is 12.4. The second-order valence-corrected chi connectivity index (χ2v) is 6.69. The molecular weight excluding hydrogens is 373 g/mol. The molecule has 1 atom stereocenters. The summed E-state index contributed by atoms with van der Waals surface area (Å²) >= 11 is 6.18. The van der Waals surface area contributed by atoms with Crippen molar-refractivity contribution in [2.45, 2.75) is 24.8 Å². The Morgan fingerprint density at radius 3 is 2.85 bits per heavy atom. The SMILES string of the molecule is OC[C@H](Nc1ncc(Cl)c(Nc2cc(C3CC3)[nH]n2)n1)c1ccc(F)cn1. The number of nitrogens with zero attached hydrogens (tertiary/aromatic N) is 4. The maximum atomic E-state index is 13.0. The predicted molar refractivity (Wildman–Crippen MR) is 98.5 cm³/mol. The van der Waals surface area contributed by atoms with Crippen molar-refractivity contribution in [3.8, 4) is 0 Å². The summed E-state index contributed by atoms with van der Waals surface area (Å²) in [5.74, 6) is 1.34. The van der Waals surface area contributed by atoms with E-state index in [0.717, 1.165) is 11.9 Å². The summed E-state index contributed by atoms with van der Waals surface area (Å²) in [5.41, 5.74) is 1.55. The van der Waals surface area contributed by atoms with Gasteiger partial charge in [-0.2, -0.15) is 10.1 Å². The van der Waals surface area contributed by atoms with Crippen LogP contribution in [0, 0.1) is 5.82 Å². The zero-order valence-corrected chi connectivity index (χ0v) is 14.9. The number of nitrogens with one attached hydrogen (secondary N) is 3. The lowest BCUT2D eigenvalue weighted by Crippen LogP contribution is -2.18. The minimum Gasteiger partial charge on any atom is -0.394 e. The smallest absolute Gasteiger partial charge is 0.225 e. The van der Waals surface area contributed by atoms with E-state index in [1.807, 2.05) is 6.07 Å². The number of aliphatic hydroxyl groups excluding tert-OH is 1. The first-order valence-corrected chi connectivity index (χ1v) is 8.84. The van der Waals surface area contributed by atoms with E-state index in [4.69, 9.17) is 11.6 Å². The fourth-order valence-electron chi connectivity index (χ4n) is 2.61. The molecule has 4 N–H and O–H groups in total. The molecule has 0 saturated heterocycles. The lowest BCUT2D eigenvalue weighted by atomic mass is 10.2. The lowest BCUT2D eigenvalue weighted by Gasteiger charge is -2.16. The molecule has 0 bridgehead atoms. The minimum absolute atomic E-state index is 0.241. The summed E-state index contributed by atoms with van der Waals surface area (Å²) < 4.78 is 13.0. The fourth-order valence-corrected chi connectivity index (χ4v) is 2.75. The van der Waals surface area contributed by atoms with Gasteiger partial charge in [0.05, 0.1) is 30.7 Å². The molecule has 0 amide bonds. The van der Waals surface area contributed by atoms with Gasteiger partial charge in [-0.05, 0) is 25.0 Å². The van der Waals surface area contributed by atoms with Crippen molar-refractivity contribution >= 4 is 29.2 Å². The molecule has 0 aromatic carbocycles. The zero-order valence-electron chi connectivity index (χ0n) is 14.2. The largest absolute Gasteiger partial charge is 0.394 e. The van der Waals surface area contributed by atoms with Gasteiger partial charge in [0.15, 0.2) is 11.6 Å². The van der Waals surface area contributed by atoms with Gasteiger partial charge in [-0.3, -0.25) is 10.1 Å². The molecule has 1 saturated carbocycles. The molecule has 27 heavy (non-hydrogen) atoms. The van der Waals surface area contributed by atoms with Crippen molar-refractivity contribution in [2.24, 2.45) is 0 Å². The summed E-state index contributed by atoms with van der Waals surface area (Å²) in [6.07, 6.45) is 4.87. The number of anilines is 3. The van der Waals surface area contributed by atoms with Gasteiger partial charge in [0.2, 0.25) is 5.95 Å². The van der Waals surface area contributed by atoms with Crippen molar-refractivity contribution in [1.82, 2.24) is 25.1 Å². The van der Waals surface area contributed by atoms with E-state index in [1.165, 1.54) is 31.2 Å². The molecule has 1 fully saturated rings. The van der Waals surface area contributed by atoms with Gasteiger partial charge < -0.3 is 15.7 Å². The molecule has 0 unspecified atom stereocenters. The number of aliphatic hydroxyl groups is 1. The summed E-state index contributed by atoms with van der Waals surface area (Å²) in [6.45, 7) is -0.266. The van der Waals surface area contributed by atoms with Crippen LogP contribution in [0.2, 0.25) is 5.02 Å². The Hall–Kier alpha value is -2.78. The molecule has 1 aliphatic rings. The van der Waals surface area contributed by atoms with Crippen LogP contribution in [0.15, 0.2) is 30.6 Å². The Morgan fingerprint density at radius 2 is 2.15 bits per heavy atom. The van der Waals surface area contributed by atoms with Crippen LogP contribution in [0.3, 0.4) is 0 Å². The van der Waals surface area contributed by atoms with Crippen molar-refractivity contribution in [1.29, 1.82) is 0 Å². The maximum Gasteiger partial charge on any atom is 0.225 e. The Labute approximate surface area is 159 Å². The van der Waals surface area contributed by atoms with Crippen molar-refractivity contribution in [2.75, 3.05) is 17.2 Å². The van der Waals surface area contributed by atoms with Gasteiger partial charge in [0, 0.05) is 17.7 Å². The Bertz CT molecular complexity index is 929. The van der Waals surface area contributed by atoms with Gasteiger partial charge in [-0.15, -0.1) is 0 Å². The molecule has 10 heteroatoms. The second kappa shape index (κ2) is 7.45. The molecule has 4 rings (SSSR count). The van der Waals surface area contributed by atoms with Crippen LogP contribution in [0.5, 0.6) is 0 Å². The third-order valence-corrected chi connectivity index (χ3v) is 4.48. The van der Waals surface area contributed by atoms with E-state index in [2.05, 4.69) is 35.8 Å². The predicted octanol–water partition coefficient (Wildman–Crippen LogP) is 3.15. The van der Waals surface area contributed by atoms with E-state index >= 15 is 0 Å². The number of rotatable bonds is 7. The highest BCUT2D eigenvalue weighted by Gasteiger charge is 2.25. The quantitative estimate of drug-likeness (QED) is 0.491. The fraction of sp³-hybridized carbons (Fsp3) is 0.294. The highest BCUT2D eigenvalue weighted by atomic mass is 35.5. The third kappa shape index (κ3) is 4.15. The van der Waals surface area contributed by atoms with E-state index in [-0.39, 0.29) is 12.6 Å².